The van der Waals surface area contributed by atoms with Gasteiger partial charge >= 0.3 is 11.8 Å². The zero-order valence-electron chi connectivity index (χ0n) is 15.3. The van der Waals surface area contributed by atoms with Crippen LogP contribution in [-0.2, 0) is 4.79 Å². The molecule has 4 aliphatic rings. The Labute approximate surface area is 154 Å². The van der Waals surface area contributed by atoms with Crippen molar-refractivity contribution in [2.45, 2.75) is 76.2 Å². The number of halogens is 5. The quantitative estimate of drug-likeness (QED) is 0.631. The maximum absolute atomic E-state index is 14.7. The summed E-state index contributed by atoms with van der Waals surface area (Å²) >= 11 is 0. The van der Waals surface area contributed by atoms with Crippen LogP contribution in [0.15, 0.2) is 22.5 Å². The topological polar surface area (TPSA) is 37.3 Å². The second-order valence-corrected chi connectivity index (χ2v) is 8.76. The van der Waals surface area contributed by atoms with Crippen LogP contribution in [0.3, 0.4) is 0 Å². The fourth-order valence-corrected chi connectivity index (χ4v) is 6.30. The Morgan fingerprint density at radius 3 is 2.37 bits per heavy atom. The van der Waals surface area contributed by atoms with Crippen LogP contribution in [0.5, 0.6) is 0 Å². The summed E-state index contributed by atoms with van der Waals surface area (Å²) < 4.78 is 71.7. The van der Waals surface area contributed by atoms with Crippen LogP contribution in [0, 0.1) is 17.3 Å². The van der Waals surface area contributed by atoms with Crippen molar-refractivity contribution in [3.05, 3.63) is 22.5 Å². The van der Waals surface area contributed by atoms with E-state index in [4.69, 9.17) is 0 Å². The van der Waals surface area contributed by atoms with Crippen molar-refractivity contribution >= 4 is 5.78 Å². The van der Waals surface area contributed by atoms with E-state index in [-0.39, 0.29) is 30.3 Å². The zero-order chi connectivity index (χ0) is 20.0. The molecule has 2 fully saturated rings. The number of carbonyl (C=O) groups excluding carboxylic acids is 1. The summed E-state index contributed by atoms with van der Waals surface area (Å²) in [5, 5.41) is 11.0. The number of aliphatic hydroxyl groups is 1. The number of hydrogen-bond donors (Lipinski definition) is 1. The van der Waals surface area contributed by atoms with E-state index in [1.807, 2.05) is 13.8 Å². The first-order chi connectivity index (χ1) is 12.4. The molecule has 0 aliphatic heterocycles. The van der Waals surface area contributed by atoms with E-state index >= 15 is 0 Å². The molecule has 0 amide bonds. The molecule has 0 spiro atoms. The predicted molar refractivity (Wildman–Crippen MR) is 88.1 cm³/mol. The van der Waals surface area contributed by atoms with Gasteiger partial charge in [-0.1, -0.05) is 19.4 Å². The van der Waals surface area contributed by atoms with Gasteiger partial charge in [0.1, 0.15) is 0 Å². The van der Waals surface area contributed by atoms with E-state index in [1.165, 1.54) is 0 Å². The highest BCUT2D eigenvalue weighted by Crippen LogP contribution is 2.66. The summed E-state index contributed by atoms with van der Waals surface area (Å²) in [6, 6.07) is 0. The van der Waals surface area contributed by atoms with Gasteiger partial charge in [-0.3, -0.25) is 4.79 Å². The zero-order valence-corrected chi connectivity index (χ0v) is 15.3. The summed E-state index contributed by atoms with van der Waals surface area (Å²) in [6.45, 7) is 3.85. The molecule has 4 rings (SSSR count). The van der Waals surface area contributed by atoms with Crippen molar-refractivity contribution in [1.82, 2.24) is 0 Å². The lowest BCUT2D eigenvalue weighted by molar-refractivity contribution is -0.194. The maximum atomic E-state index is 14.7. The van der Waals surface area contributed by atoms with Crippen molar-refractivity contribution in [3.63, 3.8) is 0 Å². The Kier molecular flexibility index (Phi) is 3.84. The number of Topliss-reactive ketones (excluding diaryl/α,β-unsaturated/α-hetero) is 1. The molecule has 2 nitrogen and oxygen atoms in total. The minimum Gasteiger partial charge on any atom is -0.389 e. The van der Waals surface area contributed by atoms with Crippen LogP contribution in [0.4, 0.5) is 22.0 Å². The normalized spacial score (nSPS) is 42.7. The average Bonchev–Trinajstić information content (AvgIpc) is 2.90. The highest BCUT2D eigenvalue weighted by atomic mass is 19.3. The summed E-state index contributed by atoms with van der Waals surface area (Å²) in [5.41, 5.74) is -2.67. The first-order valence-corrected chi connectivity index (χ1v) is 9.57. The molecule has 150 valence electrons. The molecule has 0 heterocycles. The van der Waals surface area contributed by atoms with Gasteiger partial charge in [-0.05, 0) is 62.2 Å². The molecule has 0 saturated heterocycles. The fourth-order valence-electron chi connectivity index (χ4n) is 6.30. The number of ketones is 1. The van der Waals surface area contributed by atoms with Crippen LogP contribution >= 0.6 is 0 Å². The van der Waals surface area contributed by atoms with Crippen molar-refractivity contribution in [2.24, 2.45) is 17.3 Å². The molecule has 4 atom stereocenters. The largest absolute Gasteiger partial charge is 0.389 e. The van der Waals surface area contributed by atoms with Crippen molar-refractivity contribution in [3.8, 4) is 0 Å². The molecule has 4 aliphatic carbocycles. The molecule has 0 aromatic rings. The van der Waals surface area contributed by atoms with Crippen molar-refractivity contribution in [1.29, 1.82) is 0 Å². The van der Waals surface area contributed by atoms with E-state index < -0.39 is 45.6 Å². The molecule has 1 N–H and O–H groups in total. The smallest absolute Gasteiger partial charge is 0.378 e. The lowest BCUT2D eigenvalue weighted by Gasteiger charge is -2.52. The number of alkyl halides is 4. The summed E-state index contributed by atoms with van der Waals surface area (Å²) in [4.78, 5) is 11.5. The van der Waals surface area contributed by atoms with Gasteiger partial charge in [0.15, 0.2) is 5.83 Å². The van der Waals surface area contributed by atoms with E-state index in [9.17, 15) is 31.9 Å². The first-order valence-electron chi connectivity index (χ1n) is 9.57. The SMILES string of the molecule is CC[C@]1(O)CC[C@H]2[C@@H]3CCC4=C(F)C(=O)C(F)(F)C(F)(F)C4=C3CC[C@@]21C. The number of carbonyl (C=O) groups is 1. The number of hydrogen-bond acceptors (Lipinski definition) is 2. The third-order valence-corrected chi connectivity index (χ3v) is 7.97. The van der Waals surface area contributed by atoms with Crippen LogP contribution in [-0.4, -0.2) is 28.3 Å². The molecule has 2 saturated carbocycles. The Hall–Kier alpha value is -1.24. The number of allylic oxidation sites excluding steroid dienone is 4. The lowest BCUT2D eigenvalue weighted by Crippen LogP contribution is -2.55. The summed E-state index contributed by atoms with van der Waals surface area (Å²) in [6.07, 6.45) is 2.42. The molecule has 0 bridgehead atoms. The monoisotopic (exact) mass is 390 g/mol. The van der Waals surface area contributed by atoms with E-state index in [0.717, 1.165) is 0 Å². The van der Waals surface area contributed by atoms with Gasteiger partial charge in [-0.2, -0.15) is 17.6 Å². The molecule has 0 unspecified atom stereocenters. The maximum Gasteiger partial charge on any atom is 0.378 e. The molecule has 0 aromatic heterocycles. The van der Waals surface area contributed by atoms with Gasteiger partial charge in [0.25, 0.3) is 5.78 Å². The van der Waals surface area contributed by atoms with Crippen LogP contribution in [0.2, 0.25) is 0 Å². The van der Waals surface area contributed by atoms with Crippen LogP contribution in [0.1, 0.15) is 58.8 Å². The highest BCUT2D eigenvalue weighted by molar-refractivity contribution is 6.03. The predicted octanol–water partition coefficient (Wildman–Crippen LogP) is 5.12. The van der Waals surface area contributed by atoms with Crippen molar-refractivity contribution in [2.75, 3.05) is 0 Å². The molecule has 0 aromatic carbocycles. The molecular formula is C20H23F5O2. The molecule has 27 heavy (non-hydrogen) atoms. The molecule has 7 heteroatoms. The highest BCUT2D eigenvalue weighted by Gasteiger charge is 2.70. The van der Waals surface area contributed by atoms with Gasteiger partial charge < -0.3 is 5.11 Å². The Morgan fingerprint density at radius 2 is 1.74 bits per heavy atom. The first kappa shape index (κ1) is 19.1. The van der Waals surface area contributed by atoms with Gasteiger partial charge in [-0.15, -0.1) is 0 Å². The Morgan fingerprint density at radius 1 is 1.07 bits per heavy atom. The Balaban J connectivity index is 1.88. The third kappa shape index (κ3) is 2.07. The minimum absolute atomic E-state index is 0.106. The second kappa shape index (κ2) is 5.43. The summed E-state index contributed by atoms with van der Waals surface area (Å²) in [5.74, 6) is -14.4. The molecular weight excluding hydrogens is 367 g/mol. The minimum atomic E-state index is -5.06. The molecule has 0 radical (unpaired) electrons. The van der Waals surface area contributed by atoms with Crippen LogP contribution in [0.25, 0.3) is 0 Å². The number of rotatable bonds is 1. The second-order valence-electron chi connectivity index (χ2n) is 8.76. The fraction of sp³-hybridized carbons (Fsp3) is 0.750. The van der Waals surface area contributed by atoms with Gasteiger partial charge in [0.2, 0.25) is 0 Å². The van der Waals surface area contributed by atoms with E-state index in [2.05, 4.69) is 0 Å². The van der Waals surface area contributed by atoms with Gasteiger partial charge in [-0.25, -0.2) is 4.39 Å². The Bertz CT molecular complexity index is 783. The van der Waals surface area contributed by atoms with Crippen LogP contribution < -0.4 is 0 Å². The summed E-state index contributed by atoms with van der Waals surface area (Å²) in [7, 11) is 0. The lowest BCUT2D eigenvalue weighted by atomic mass is 9.54. The average molecular weight is 390 g/mol. The standard InChI is InChI=1S/C20H23F5O2/c1-3-18(27)9-7-13-10-4-5-12-14(11(10)6-8-17(13,18)2)19(22,23)20(24,25)16(26)15(12)21/h10,13,27H,3-9H2,1-2H3/t10-,13+,17+,18+/m1/s1. The third-order valence-electron chi connectivity index (χ3n) is 7.97. The van der Waals surface area contributed by atoms with E-state index in [0.29, 0.717) is 32.1 Å². The van der Waals surface area contributed by atoms with Gasteiger partial charge in [0, 0.05) is 11.1 Å². The van der Waals surface area contributed by atoms with Crippen molar-refractivity contribution < 1.29 is 31.9 Å². The van der Waals surface area contributed by atoms with Gasteiger partial charge in [0.05, 0.1) is 5.60 Å². The number of fused-ring (bicyclic) bond motifs is 4. The van der Waals surface area contributed by atoms with E-state index in [1.54, 1.807) is 0 Å².